The van der Waals surface area contributed by atoms with Gasteiger partial charge in [0.15, 0.2) is 11.5 Å². The topological polar surface area (TPSA) is 59.0 Å². The first kappa shape index (κ1) is 14.7. The summed E-state index contributed by atoms with van der Waals surface area (Å²) in [4.78, 5) is 13.8. The lowest BCUT2D eigenvalue weighted by Crippen LogP contribution is -2.34. The molecule has 0 aromatic heterocycles. The van der Waals surface area contributed by atoms with Crippen LogP contribution < -0.4 is 9.47 Å². The molecule has 114 valence electrons. The minimum Gasteiger partial charge on any atom is -0.480 e. The maximum atomic E-state index is 11.8. The fraction of sp³-hybridized carbons (Fsp3) is 0.533. The Hall–Kier alpha value is -1.27. The molecule has 3 rings (SSSR count). The number of benzene rings is 1. The maximum absolute atomic E-state index is 11.8. The summed E-state index contributed by atoms with van der Waals surface area (Å²) < 4.78 is 11.5. The van der Waals surface area contributed by atoms with Gasteiger partial charge in [-0.2, -0.15) is 0 Å². The molecule has 0 spiro atoms. The molecule has 1 unspecified atom stereocenters. The monoisotopic (exact) mass is 355 g/mol. The van der Waals surface area contributed by atoms with E-state index in [9.17, 15) is 9.90 Å². The van der Waals surface area contributed by atoms with E-state index in [0.717, 1.165) is 36.0 Å². The smallest absolute Gasteiger partial charge is 0.325 e. The van der Waals surface area contributed by atoms with E-state index >= 15 is 0 Å². The van der Waals surface area contributed by atoms with E-state index in [2.05, 4.69) is 20.8 Å². The van der Waals surface area contributed by atoms with E-state index in [1.165, 1.54) is 12.8 Å². The van der Waals surface area contributed by atoms with Crippen LogP contribution in [0.5, 0.6) is 11.5 Å². The number of likely N-dealkylation sites (tertiary alicyclic amines) is 1. The highest BCUT2D eigenvalue weighted by atomic mass is 79.9. The molecule has 5 nitrogen and oxygen atoms in total. The van der Waals surface area contributed by atoms with Gasteiger partial charge in [-0.15, -0.1) is 0 Å². The van der Waals surface area contributed by atoms with E-state index in [0.29, 0.717) is 11.5 Å². The van der Waals surface area contributed by atoms with Crippen LogP contribution in [0.15, 0.2) is 16.6 Å². The summed E-state index contributed by atoms with van der Waals surface area (Å²) in [5, 5.41) is 9.68. The Kier molecular flexibility index (Phi) is 4.35. The minimum atomic E-state index is -0.817. The van der Waals surface area contributed by atoms with Gasteiger partial charge in [0.2, 0.25) is 6.79 Å². The van der Waals surface area contributed by atoms with Gasteiger partial charge in [0.05, 0.1) is 4.47 Å². The summed E-state index contributed by atoms with van der Waals surface area (Å²) in [6, 6.07) is 2.99. The number of carboxylic acids is 1. The van der Waals surface area contributed by atoms with Crippen molar-refractivity contribution in [1.82, 2.24) is 4.90 Å². The second-order valence-electron chi connectivity index (χ2n) is 5.43. The van der Waals surface area contributed by atoms with Crippen LogP contribution in [0.25, 0.3) is 0 Å². The van der Waals surface area contributed by atoms with E-state index in [4.69, 9.17) is 9.47 Å². The number of hydrogen-bond donors (Lipinski definition) is 1. The van der Waals surface area contributed by atoms with Crippen molar-refractivity contribution >= 4 is 21.9 Å². The van der Waals surface area contributed by atoms with Crippen molar-refractivity contribution < 1.29 is 19.4 Å². The Morgan fingerprint density at radius 2 is 1.90 bits per heavy atom. The van der Waals surface area contributed by atoms with Crippen molar-refractivity contribution in [1.29, 1.82) is 0 Å². The molecule has 1 aromatic carbocycles. The Bertz CT molecular complexity index is 541. The molecule has 6 heteroatoms. The van der Waals surface area contributed by atoms with Gasteiger partial charge < -0.3 is 14.6 Å². The first-order valence-electron chi connectivity index (χ1n) is 7.23. The molecule has 1 N–H and O–H groups in total. The van der Waals surface area contributed by atoms with Gasteiger partial charge in [-0.05, 0) is 59.6 Å². The first-order chi connectivity index (χ1) is 10.2. The Balaban J connectivity index is 1.93. The molecule has 0 radical (unpaired) electrons. The first-order valence-corrected chi connectivity index (χ1v) is 8.02. The minimum absolute atomic E-state index is 0.179. The lowest BCUT2D eigenvalue weighted by Gasteiger charge is -2.27. The van der Waals surface area contributed by atoms with Gasteiger partial charge >= 0.3 is 5.97 Å². The van der Waals surface area contributed by atoms with Crippen LogP contribution in [0.3, 0.4) is 0 Å². The maximum Gasteiger partial charge on any atom is 0.325 e. The second kappa shape index (κ2) is 6.23. The number of nitrogens with zero attached hydrogens (tertiary/aromatic N) is 1. The molecule has 0 amide bonds. The third-order valence-corrected chi connectivity index (χ3v) is 4.59. The summed E-state index contributed by atoms with van der Waals surface area (Å²) in [6.07, 6.45) is 4.45. The molecule has 2 aliphatic rings. The molecule has 1 atom stereocenters. The molecule has 21 heavy (non-hydrogen) atoms. The van der Waals surface area contributed by atoms with Crippen molar-refractivity contribution in [3.63, 3.8) is 0 Å². The van der Waals surface area contributed by atoms with Crippen LogP contribution in [0.4, 0.5) is 0 Å². The molecular weight excluding hydrogens is 338 g/mol. The largest absolute Gasteiger partial charge is 0.480 e. The number of aliphatic carboxylic acids is 1. The summed E-state index contributed by atoms with van der Waals surface area (Å²) in [7, 11) is 0. The zero-order chi connectivity index (χ0) is 14.8. The summed E-state index contributed by atoms with van der Waals surface area (Å²) >= 11 is 3.44. The van der Waals surface area contributed by atoms with E-state index < -0.39 is 12.0 Å². The molecule has 2 aliphatic heterocycles. The summed E-state index contributed by atoms with van der Waals surface area (Å²) in [6.45, 7) is 1.82. The summed E-state index contributed by atoms with van der Waals surface area (Å²) in [5.74, 6) is 0.446. The standard InChI is InChI=1S/C15H18BrNO4/c16-11-7-10(8-12-14(11)21-9-20-12)13(15(18)19)17-5-3-1-2-4-6-17/h7-8,13H,1-6,9H2,(H,18,19). The van der Waals surface area contributed by atoms with Crippen LogP contribution in [-0.2, 0) is 4.79 Å². The van der Waals surface area contributed by atoms with Crippen molar-refractivity contribution in [2.75, 3.05) is 19.9 Å². The number of carboxylic acid groups (broad SMARTS) is 1. The fourth-order valence-electron chi connectivity index (χ4n) is 3.01. The normalized spacial score (nSPS) is 20.0. The van der Waals surface area contributed by atoms with Crippen LogP contribution >= 0.6 is 15.9 Å². The van der Waals surface area contributed by atoms with Gasteiger partial charge in [-0.3, -0.25) is 9.69 Å². The van der Waals surface area contributed by atoms with Crippen molar-refractivity contribution in [2.45, 2.75) is 31.7 Å². The Morgan fingerprint density at radius 3 is 2.57 bits per heavy atom. The fourth-order valence-corrected chi connectivity index (χ4v) is 3.58. The molecule has 0 saturated carbocycles. The van der Waals surface area contributed by atoms with Crippen molar-refractivity contribution in [3.05, 3.63) is 22.2 Å². The molecule has 1 saturated heterocycles. The number of rotatable bonds is 3. The predicted octanol–water partition coefficient (Wildman–Crippen LogP) is 3.18. The highest BCUT2D eigenvalue weighted by Crippen LogP contribution is 2.42. The van der Waals surface area contributed by atoms with Gasteiger partial charge in [0.1, 0.15) is 6.04 Å². The number of fused-ring (bicyclic) bond motifs is 1. The molecule has 0 bridgehead atoms. The lowest BCUT2D eigenvalue weighted by molar-refractivity contribution is -0.143. The SMILES string of the molecule is O=C(O)C(c1cc(Br)c2c(c1)OCO2)N1CCCCCC1. The molecule has 2 heterocycles. The van der Waals surface area contributed by atoms with Crippen LogP contribution in [-0.4, -0.2) is 35.9 Å². The van der Waals surface area contributed by atoms with Gasteiger partial charge in [-0.1, -0.05) is 12.8 Å². The van der Waals surface area contributed by atoms with Gasteiger partial charge in [0.25, 0.3) is 0 Å². The highest BCUT2D eigenvalue weighted by molar-refractivity contribution is 9.10. The zero-order valence-corrected chi connectivity index (χ0v) is 13.3. The summed E-state index contributed by atoms with van der Waals surface area (Å²) in [5.41, 5.74) is 0.737. The number of halogens is 1. The quantitative estimate of drug-likeness (QED) is 0.902. The number of hydrogen-bond acceptors (Lipinski definition) is 4. The molecule has 0 aliphatic carbocycles. The van der Waals surface area contributed by atoms with Crippen molar-refractivity contribution in [2.24, 2.45) is 0 Å². The lowest BCUT2D eigenvalue weighted by atomic mass is 10.0. The average Bonchev–Trinajstić information content (AvgIpc) is 2.76. The van der Waals surface area contributed by atoms with E-state index in [1.54, 1.807) is 6.07 Å². The van der Waals surface area contributed by atoms with Crippen LogP contribution in [0.2, 0.25) is 0 Å². The molecular formula is C15H18BrNO4. The Labute approximate surface area is 132 Å². The Morgan fingerprint density at radius 1 is 1.19 bits per heavy atom. The van der Waals surface area contributed by atoms with Crippen LogP contribution in [0, 0.1) is 0 Å². The van der Waals surface area contributed by atoms with Gasteiger partial charge in [0, 0.05) is 0 Å². The third-order valence-electron chi connectivity index (χ3n) is 4.01. The highest BCUT2D eigenvalue weighted by Gasteiger charge is 2.30. The predicted molar refractivity (Wildman–Crippen MR) is 80.7 cm³/mol. The van der Waals surface area contributed by atoms with Crippen LogP contribution in [0.1, 0.15) is 37.3 Å². The van der Waals surface area contributed by atoms with E-state index in [-0.39, 0.29) is 6.79 Å². The molecule has 1 aromatic rings. The van der Waals surface area contributed by atoms with Gasteiger partial charge in [-0.25, -0.2) is 0 Å². The number of ether oxygens (including phenoxy) is 2. The third kappa shape index (κ3) is 3.01. The zero-order valence-electron chi connectivity index (χ0n) is 11.7. The average molecular weight is 356 g/mol. The van der Waals surface area contributed by atoms with E-state index in [1.807, 2.05) is 6.07 Å². The molecule has 1 fully saturated rings. The second-order valence-corrected chi connectivity index (χ2v) is 6.28. The van der Waals surface area contributed by atoms with Crippen molar-refractivity contribution in [3.8, 4) is 11.5 Å². The number of carbonyl (C=O) groups is 1.